The molecule has 0 aliphatic heterocycles. The molecule has 1 aromatic rings. The number of carbonyl (C=O) groups is 4. The maximum Gasteiger partial charge on any atom is 0.228 e. The summed E-state index contributed by atoms with van der Waals surface area (Å²) in [6, 6.07) is 7.14. The maximum atomic E-state index is 12.6. The third-order valence-electron chi connectivity index (χ3n) is 4.67. The molecule has 0 fully saturated rings. The molecule has 0 aliphatic rings. The monoisotopic (exact) mass is 388 g/mol. The summed E-state index contributed by atoms with van der Waals surface area (Å²) in [6.45, 7) is 10.5. The summed E-state index contributed by atoms with van der Waals surface area (Å²) in [5.41, 5.74) is 11.0. The first kappa shape index (κ1) is 23.5. The standard InChI is InChI=1S/C22H32N2O4/c1-21(2,3)17(25)15(19(23)27)11-13-8-7-9-14(10-13)12-16(20(24)28)18(26)22(4,5)6/h7-10,15-16H,11-12H2,1-6H3,(H2,23,27)(H2,24,28). The van der Waals surface area contributed by atoms with Crippen molar-refractivity contribution in [1.82, 2.24) is 0 Å². The summed E-state index contributed by atoms with van der Waals surface area (Å²) >= 11 is 0. The molecule has 28 heavy (non-hydrogen) atoms. The van der Waals surface area contributed by atoms with Crippen LogP contribution in [0.1, 0.15) is 52.7 Å². The van der Waals surface area contributed by atoms with Crippen molar-refractivity contribution in [3.63, 3.8) is 0 Å². The fourth-order valence-corrected chi connectivity index (χ4v) is 3.05. The Kier molecular flexibility index (Phi) is 7.29. The molecule has 0 aliphatic carbocycles. The number of hydrogen-bond acceptors (Lipinski definition) is 4. The van der Waals surface area contributed by atoms with Crippen LogP contribution in [-0.2, 0) is 32.0 Å². The second-order valence-electron chi connectivity index (χ2n) is 9.37. The lowest BCUT2D eigenvalue weighted by Gasteiger charge is -2.23. The van der Waals surface area contributed by atoms with E-state index in [1.54, 1.807) is 65.8 Å². The van der Waals surface area contributed by atoms with Gasteiger partial charge in [-0.25, -0.2) is 0 Å². The first-order chi connectivity index (χ1) is 12.6. The van der Waals surface area contributed by atoms with Crippen molar-refractivity contribution in [2.24, 2.45) is 34.1 Å². The Labute approximate surface area is 167 Å². The Morgan fingerprint density at radius 1 is 0.750 bits per heavy atom. The summed E-state index contributed by atoms with van der Waals surface area (Å²) in [5.74, 6) is -3.63. The molecule has 0 bridgehead atoms. The van der Waals surface area contributed by atoms with Gasteiger partial charge in [-0.3, -0.25) is 19.2 Å². The van der Waals surface area contributed by atoms with Crippen LogP contribution in [0.15, 0.2) is 24.3 Å². The number of carbonyl (C=O) groups excluding carboxylic acids is 4. The number of hydrogen-bond donors (Lipinski definition) is 2. The highest BCUT2D eigenvalue weighted by molar-refractivity contribution is 6.03. The van der Waals surface area contributed by atoms with Gasteiger partial charge in [-0.2, -0.15) is 0 Å². The Balaban J connectivity index is 3.11. The Hall–Kier alpha value is -2.50. The van der Waals surface area contributed by atoms with Crippen molar-refractivity contribution in [2.45, 2.75) is 54.4 Å². The molecule has 0 heterocycles. The van der Waals surface area contributed by atoms with E-state index in [0.717, 1.165) is 11.1 Å². The highest BCUT2D eigenvalue weighted by Gasteiger charge is 2.35. The minimum atomic E-state index is -0.932. The van der Waals surface area contributed by atoms with Gasteiger partial charge in [0.15, 0.2) is 11.6 Å². The number of amides is 2. The van der Waals surface area contributed by atoms with Crippen LogP contribution < -0.4 is 11.5 Å². The molecule has 154 valence electrons. The molecule has 0 saturated heterocycles. The topological polar surface area (TPSA) is 120 Å². The largest absolute Gasteiger partial charge is 0.369 e. The van der Waals surface area contributed by atoms with Gasteiger partial charge in [0.05, 0.1) is 0 Å². The first-order valence-corrected chi connectivity index (χ1v) is 9.39. The lowest BCUT2D eigenvalue weighted by Crippen LogP contribution is -2.39. The van der Waals surface area contributed by atoms with Crippen molar-refractivity contribution < 1.29 is 19.2 Å². The number of nitrogens with two attached hydrogens (primary N) is 2. The molecule has 0 aromatic heterocycles. The molecule has 1 aromatic carbocycles. The number of ketones is 2. The third kappa shape index (κ3) is 6.29. The fraction of sp³-hybridized carbons (Fsp3) is 0.545. The van der Waals surface area contributed by atoms with E-state index in [2.05, 4.69) is 0 Å². The van der Waals surface area contributed by atoms with Crippen LogP contribution in [-0.4, -0.2) is 23.4 Å². The average Bonchev–Trinajstić information content (AvgIpc) is 2.54. The highest BCUT2D eigenvalue weighted by atomic mass is 16.2. The number of benzene rings is 1. The van der Waals surface area contributed by atoms with Crippen molar-refractivity contribution in [2.75, 3.05) is 0 Å². The van der Waals surface area contributed by atoms with E-state index in [4.69, 9.17) is 11.5 Å². The molecule has 6 heteroatoms. The average molecular weight is 389 g/mol. The molecule has 1 rings (SSSR count). The van der Waals surface area contributed by atoms with Crippen LogP contribution in [0, 0.1) is 22.7 Å². The van der Waals surface area contributed by atoms with Gasteiger partial charge < -0.3 is 11.5 Å². The van der Waals surface area contributed by atoms with Crippen molar-refractivity contribution >= 4 is 23.4 Å². The minimum absolute atomic E-state index is 0.174. The van der Waals surface area contributed by atoms with E-state index in [0.29, 0.717) is 0 Å². The van der Waals surface area contributed by atoms with Gasteiger partial charge in [0, 0.05) is 10.8 Å². The van der Waals surface area contributed by atoms with Crippen molar-refractivity contribution in [3.05, 3.63) is 35.4 Å². The summed E-state index contributed by atoms with van der Waals surface area (Å²) in [6.07, 6.45) is 0.349. The molecule has 4 N–H and O–H groups in total. The maximum absolute atomic E-state index is 12.6. The van der Waals surface area contributed by atoms with E-state index < -0.39 is 34.5 Å². The molecule has 2 atom stereocenters. The predicted octanol–water partition coefficient (Wildman–Crippen LogP) is 2.20. The molecule has 0 saturated carbocycles. The third-order valence-corrected chi connectivity index (χ3v) is 4.67. The van der Waals surface area contributed by atoms with Gasteiger partial charge in [0.25, 0.3) is 0 Å². The quantitative estimate of drug-likeness (QED) is 0.663. The van der Waals surface area contributed by atoms with Crippen LogP contribution in [0.5, 0.6) is 0 Å². The summed E-state index contributed by atoms with van der Waals surface area (Å²) in [4.78, 5) is 48.8. The molecule has 0 radical (unpaired) electrons. The van der Waals surface area contributed by atoms with Gasteiger partial charge in [0.2, 0.25) is 11.8 Å². The Morgan fingerprint density at radius 2 is 1.07 bits per heavy atom. The smallest absolute Gasteiger partial charge is 0.228 e. The predicted molar refractivity (Wildman–Crippen MR) is 108 cm³/mol. The van der Waals surface area contributed by atoms with Crippen LogP contribution in [0.4, 0.5) is 0 Å². The van der Waals surface area contributed by atoms with Crippen LogP contribution in [0.3, 0.4) is 0 Å². The van der Waals surface area contributed by atoms with Gasteiger partial charge in [-0.1, -0.05) is 65.8 Å². The van der Waals surface area contributed by atoms with Gasteiger partial charge in [0.1, 0.15) is 11.8 Å². The molecular formula is C22H32N2O4. The molecule has 2 unspecified atom stereocenters. The van der Waals surface area contributed by atoms with E-state index in [1.807, 2.05) is 0 Å². The number of primary amides is 2. The normalized spacial score (nSPS) is 14.2. The lowest BCUT2D eigenvalue weighted by molar-refractivity contribution is -0.138. The number of Topliss-reactive ketones (excluding diaryl/α,β-unsaturated/α-hetero) is 2. The van der Waals surface area contributed by atoms with Crippen molar-refractivity contribution in [3.8, 4) is 0 Å². The van der Waals surface area contributed by atoms with E-state index in [9.17, 15) is 19.2 Å². The van der Waals surface area contributed by atoms with Gasteiger partial charge >= 0.3 is 0 Å². The molecular weight excluding hydrogens is 356 g/mol. The zero-order valence-corrected chi connectivity index (χ0v) is 17.7. The SMILES string of the molecule is CC(C)(C)C(=O)C(Cc1cccc(CC(C(N)=O)C(=O)C(C)(C)C)c1)C(N)=O. The minimum Gasteiger partial charge on any atom is -0.369 e. The number of rotatable bonds is 8. The summed E-state index contributed by atoms with van der Waals surface area (Å²) in [5, 5.41) is 0. The fourth-order valence-electron chi connectivity index (χ4n) is 3.05. The Morgan fingerprint density at radius 3 is 1.32 bits per heavy atom. The first-order valence-electron chi connectivity index (χ1n) is 9.39. The zero-order valence-electron chi connectivity index (χ0n) is 17.7. The summed E-state index contributed by atoms with van der Waals surface area (Å²) < 4.78 is 0. The van der Waals surface area contributed by atoms with E-state index in [-0.39, 0.29) is 24.4 Å². The van der Waals surface area contributed by atoms with E-state index >= 15 is 0 Å². The van der Waals surface area contributed by atoms with Crippen LogP contribution in [0.2, 0.25) is 0 Å². The van der Waals surface area contributed by atoms with Crippen LogP contribution in [0.25, 0.3) is 0 Å². The highest BCUT2D eigenvalue weighted by Crippen LogP contribution is 2.25. The van der Waals surface area contributed by atoms with Gasteiger partial charge in [-0.05, 0) is 24.0 Å². The van der Waals surface area contributed by atoms with Crippen molar-refractivity contribution in [1.29, 1.82) is 0 Å². The molecule has 6 nitrogen and oxygen atoms in total. The molecule has 2 amide bonds. The second kappa shape index (κ2) is 8.67. The zero-order chi connectivity index (χ0) is 21.9. The summed E-state index contributed by atoms with van der Waals surface area (Å²) in [7, 11) is 0. The molecule has 0 spiro atoms. The lowest BCUT2D eigenvalue weighted by atomic mass is 9.79. The Bertz CT molecular complexity index is 708. The van der Waals surface area contributed by atoms with E-state index in [1.165, 1.54) is 0 Å². The van der Waals surface area contributed by atoms with Gasteiger partial charge in [-0.15, -0.1) is 0 Å². The second-order valence-corrected chi connectivity index (χ2v) is 9.37. The van der Waals surface area contributed by atoms with Crippen LogP contribution >= 0.6 is 0 Å².